The third kappa shape index (κ3) is 2.64. The molecular formula is C14H15NO4S2. The van der Waals surface area contributed by atoms with E-state index in [4.69, 9.17) is 9.84 Å². The second kappa shape index (κ2) is 5.67. The molecule has 1 aliphatic heterocycles. The van der Waals surface area contributed by atoms with E-state index in [-0.39, 0.29) is 11.5 Å². The molecule has 0 atom stereocenters. The minimum absolute atomic E-state index is 0.153. The van der Waals surface area contributed by atoms with Gasteiger partial charge >= 0.3 is 0 Å². The van der Waals surface area contributed by atoms with Crippen LogP contribution in [0.25, 0.3) is 0 Å². The van der Waals surface area contributed by atoms with Crippen molar-refractivity contribution in [2.45, 2.75) is 17.9 Å². The van der Waals surface area contributed by atoms with E-state index in [9.17, 15) is 8.42 Å². The maximum Gasteiger partial charge on any atom is 0.265 e. The molecule has 0 bridgehead atoms. The van der Waals surface area contributed by atoms with Gasteiger partial charge in [0.15, 0.2) is 0 Å². The van der Waals surface area contributed by atoms with Gasteiger partial charge in [-0.2, -0.15) is 0 Å². The molecule has 1 aliphatic rings. The van der Waals surface area contributed by atoms with Gasteiger partial charge in [0.2, 0.25) is 0 Å². The number of aliphatic hydroxyl groups is 1. The van der Waals surface area contributed by atoms with Crippen LogP contribution in [0.5, 0.6) is 5.75 Å². The monoisotopic (exact) mass is 325 g/mol. The van der Waals surface area contributed by atoms with E-state index in [1.807, 2.05) is 6.07 Å². The molecule has 2 heterocycles. The van der Waals surface area contributed by atoms with E-state index in [2.05, 4.69) is 0 Å². The Morgan fingerprint density at radius 1 is 1.33 bits per heavy atom. The number of ether oxygens (including phenoxy) is 1. The Morgan fingerprint density at radius 2 is 2.14 bits per heavy atom. The Balaban J connectivity index is 2.06. The van der Waals surface area contributed by atoms with Crippen LogP contribution >= 0.6 is 11.3 Å². The Kier molecular flexibility index (Phi) is 3.88. The molecule has 0 unspecified atom stereocenters. The van der Waals surface area contributed by atoms with Gasteiger partial charge in [0.05, 0.1) is 23.8 Å². The summed E-state index contributed by atoms with van der Waals surface area (Å²) in [6.07, 6.45) is 0.630. The number of aliphatic hydroxyl groups excluding tert-OH is 1. The zero-order valence-electron chi connectivity index (χ0n) is 11.2. The minimum Gasteiger partial charge on any atom is -0.491 e. The van der Waals surface area contributed by atoms with Gasteiger partial charge in [-0.15, -0.1) is 11.3 Å². The highest BCUT2D eigenvalue weighted by atomic mass is 32.2. The topological polar surface area (TPSA) is 66.8 Å². The van der Waals surface area contributed by atoms with Crippen molar-refractivity contribution in [3.63, 3.8) is 0 Å². The maximum atomic E-state index is 12.8. The van der Waals surface area contributed by atoms with Crippen molar-refractivity contribution in [1.29, 1.82) is 0 Å². The van der Waals surface area contributed by atoms with Crippen LogP contribution in [0.2, 0.25) is 0 Å². The van der Waals surface area contributed by atoms with Crippen molar-refractivity contribution >= 4 is 27.0 Å². The van der Waals surface area contributed by atoms with Crippen LogP contribution < -0.4 is 9.04 Å². The molecule has 0 spiro atoms. The van der Waals surface area contributed by atoms with Crippen LogP contribution in [0.4, 0.5) is 5.69 Å². The Morgan fingerprint density at radius 3 is 2.90 bits per heavy atom. The van der Waals surface area contributed by atoms with Gasteiger partial charge in [-0.1, -0.05) is 12.1 Å². The highest BCUT2D eigenvalue weighted by Crippen LogP contribution is 2.35. The van der Waals surface area contributed by atoms with Crippen molar-refractivity contribution in [1.82, 2.24) is 0 Å². The summed E-state index contributed by atoms with van der Waals surface area (Å²) in [5.41, 5.74) is 0.562. The fourth-order valence-electron chi connectivity index (χ4n) is 2.25. The van der Waals surface area contributed by atoms with E-state index in [0.29, 0.717) is 35.9 Å². The van der Waals surface area contributed by atoms with Crippen LogP contribution in [0.1, 0.15) is 11.3 Å². The molecule has 112 valence electrons. The van der Waals surface area contributed by atoms with Crippen LogP contribution in [0.3, 0.4) is 0 Å². The van der Waals surface area contributed by atoms with Crippen LogP contribution in [-0.4, -0.2) is 26.7 Å². The first kappa shape index (κ1) is 14.4. The quantitative estimate of drug-likeness (QED) is 0.939. The highest BCUT2D eigenvalue weighted by molar-refractivity contribution is 7.93. The van der Waals surface area contributed by atoms with E-state index in [1.165, 1.54) is 21.7 Å². The number of hydrogen-bond donors (Lipinski definition) is 1. The first-order chi connectivity index (χ1) is 10.1. The molecule has 0 saturated carbocycles. The molecule has 0 saturated heterocycles. The van der Waals surface area contributed by atoms with Crippen LogP contribution in [0, 0.1) is 0 Å². The number of thiophene rings is 1. The molecule has 21 heavy (non-hydrogen) atoms. The average molecular weight is 325 g/mol. The van der Waals surface area contributed by atoms with Crippen LogP contribution in [-0.2, 0) is 16.6 Å². The van der Waals surface area contributed by atoms with Gasteiger partial charge < -0.3 is 9.84 Å². The summed E-state index contributed by atoms with van der Waals surface area (Å²) in [5.74, 6) is 0.580. The molecule has 0 radical (unpaired) electrons. The van der Waals surface area contributed by atoms with Crippen LogP contribution in [0.15, 0.2) is 40.6 Å². The summed E-state index contributed by atoms with van der Waals surface area (Å²) in [5, 5.41) is 10.7. The summed E-state index contributed by atoms with van der Waals surface area (Å²) in [6, 6.07) is 8.66. The summed E-state index contributed by atoms with van der Waals surface area (Å²) in [4.78, 5) is 0.848. The summed E-state index contributed by atoms with van der Waals surface area (Å²) in [6.45, 7) is 0.720. The number of nitrogens with zero attached hydrogens (tertiary/aromatic N) is 1. The summed E-state index contributed by atoms with van der Waals surface area (Å²) >= 11 is 1.24. The molecule has 0 amide bonds. The number of sulfonamides is 1. The number of para-hydroxylation sites is 2. The molecule has 2 aromatic rings. The van der Waals surface area contributed by atoms with Crippen molar-refractivity contribution in [3.05, 3.63) is 40.6 Å². The molecule has 0 aliphatic carbocycles. The predicted octanol–water partition coefficient (Wildman–Crippen LogP) is 2.22. The molecule has 1 N–H and O–H groups in total. The molecule has 0 fully saturated rings. The van der Waals surface area contributed by atoms with E-state index in [1.54, 1.807) is 23.6 Å². The molecular weight excluding hydrogens is 310 g/mol. The number of benzene rings is 1. The zero-order chi connectivity index (χ0) is 14.9. The Hall–Kier alpha value is -1.57. The van der Waals surface area contributed by atoms with Crippen molar-refractivity contribution in [2.75, 3.05) is 17.5 Å². The first-order valence-electron chi connectivity index (χ1n) is 6.56. The molecule has 3 rings (SSSR count). The van der Waals surface area contributed by atoms with Gasteiger partial charge in [0.1, 0.15) is 5.75 Å². The van der Waals surface area contributed by atoms with Crippen molar-refractivity contribution in [3.8, 4) is 5.75 Å². The highest BCUT2D eigenvalue weighted by Gasteiger charge is 2.29. The maximum absolute atomic E-state index is 12.8. The van der Waals surface area contributed by atoms with Gasteiger partial charge in [-0.05, 0) is 18.2 Å². The second-order valence-electron chi connectivity index (χ2n) is 4.65. The number of fused-ring (bicyclic) bond motifs is 1. The number of hydrogen-bond acceptors (Lipinski definition) is 5. The largest absolute Gasteiger partial charge is 0.491 e. The second-order valence-corrected chi connectivity index (χ2v) is 7.51. The summed E-state index contributed by atoms with van der Waals surface area (Å²) in [7, 11) is -3.64. The molecule has 7 heteroatoms. The normalized spacial score (nSPS) is 15.2. The SMILES string of the molecule is O=S(=O)(c1csc(CO)c1)N1CCCOc2ccccc21. The zero-order valence-corrected chi connectivity index (χ0v) is 12.9. The third-order valence-corrected chi connectivity index (χ3v) is 6.13. The predicted molar refractivity (Wildman–Crippen MR) is 81.3 cm³/mol. The average Bonchev–Trinajstić information content (AvgIpc) is 2.87. The van der Waals surface area contributed by atoms with Gasteiger partial charge in [0, 0.05) is 23.2 Å². The lowest BCUT2D eigenvalue weighted by molar-refractivity contribution is 0.285. The lowest BCUT2D eigenvalue weighted by Gasteiger charge is -2.22. The number of rotatable bonds is 3. The van der Waals surface area contributed by atoms with Gasteiger partial charge in [0.25, 0.3) is 10.0 Å². The first-order valence-corrected chi connectivity index (χ1v) is 8.88. The van der Waals surface area contributed by atoms with Crippen molar-refractivity contribution < 1.29 is 18.3 Å². The molecule has 1 aromatic heterocycles. The van der Waals surface area contributed by atoms with Crippen molar-refractivity contribution in [2.24, 2.45) is 0 Å². The Bertz CT molecular complexity index is 739. The smallest absolute Gasteiger partial charge is 0.265 e. The lowest BCUT2D eigenvalue weighted by atomic mass is 10.3. The van der Waals surface area contributed by atoms with E-state index < -0.39 is 10.0 Å². The number of anilines is 1. The van der Waals surface area contributed by atoms with E-state index >= 15 is 0 Å². The Labute approximate surface area is 127 Å². The lowest BCUT2D eigenvalue weighted by Crippen LogP contribution is -2.31. The molecule has 5 nitrogen and oxygen atoms in total. The fraction of sp³-hybridized carbons (Fsp3) is 0.286. The molecule has 1 aromatic carbocycles. The minimum atomic E-state index is -3.64. The summed E-state index contributed by atoms with van der Waals surface area (Å²) < 4.78 is 32.6. The van der Waals surface area contributed by atoms with E-state index in [0.717, 1.165) is 0 Å². The fourth-order valence-corrected chi connectivity index (χ4v) is 4.89. The third-order valence-electron chi connectivity index (χ3n) is 3.27. The van der Waals surface area contributed by atoms with Gasteiger partial charge in [-0.3, -0.25) is 4.31 Å². The van der Waals surface area contributed by atoms with Gasteiger partial charge in [-0.25, -0.2) is 8.42 Å². The standard InChI is InChI=1S/C14H15NO4S2/c16-9-11-8-12(10-20-11)21(17,18)15-6-3-7-19-14-5-2-1-4-13(14)15/h1-2,4-5,8,10,16H,3,6-7,9H2.